The van der Waals surface area contributed by atoms with Crippen molar-refractivity contribution in [2.24, 2.45) is 34.7 Å². The van der Waals surface area contributed by atoms with E-state index < -0.39 is 5.54 Å². The van der Waals surface area contributed by atoms with E-state index in [1.165, 1.54) is 4.90 Å². The summed E-state index contributed by atoms with van der Waals surface area (Å²) in [5.74, 6) is 0.148. The molecule has 7 nitrogen and oxygen atoms in total. The van der Waals surface area contributed by atoms with E-state index in [2.05, 4.69) is 5.16 Å². The Kier molecular flexibility index (Phi) is 3.79. The molecule has 6 atom stereocenters. The van der Waals surface area contributed by atoms with Crippen molar-refractivity contribution >= 4 is 17.5 Å². The molecule has 2 saturated carbocycles. The fourth-order valence-corrected chi connectivity index (χ4v) is 5.86. The van der Waals surface area contributed by atoms with Crippen molar-refractivity contribution in [3.05, 3.63) is 29.8 Å². The molecule has 2 heterocycles. The van der Waals surface area contributed by atoms with Gasteiger partial charge < -0.3 is 9.57 Å². The minimum atomic E-state index is -0.510. The van der Waals surface area contributed by atoms with E-state index in [4.69, 9.17) is 14.8 Å². The van der Waals surface area contributed by atoms with Crippen LogP contribution in [0, 0.1) is 40.9 Å². The first kappa shape index (κ1) is 18.2. The molecular formula is C22H23N3O4. The number of oxime groups is 1. The summed E-state index contributed by atoms with van der Waals surface area (Å²) in [5, 5.41) is 13.0. The van der Waals surface area contributed by atoms with Gasteiger partial charge in [0.15, 0.2) is 6.61 Å². The predicted octanol–water partition coefficient (Wildman–Crippen LogP) is 2.36. The second kappa shape index (κ2) is 6.06. The van der Waals surface area contributed by atoms with Gasteiger partial charge in [-0.3, -0.25) is 14.5 Å². The van der Waals surface area contributed by atoms with E-state index in [0.717, 1.165) is 17.7 Å². The largest absolute Gasteiger partial charge is 0.479 e. The molecule has 1 aromatic carbocycles. The molecule has 2 amide bonds. The third-order valence-corrected chi connectivity index (χ3v) is 6.81. The molecule has 1 aromatic rings. The van der Waals surface area contributed by atoms with Crippen molar-refractivity contribution in [1.29, 1.82) is 5.26 Å². The summed E-state index contributed by atoms with van der Waals surface area (Å²) in [5.41, 5.74) is 1.27. The topological polar surface area (TPSA) is 92.0 Å². The third-order valence-electron chi connectivity index (χ3n) is 6.81. The number of ether oxygens (including phenoxy) is 1. The quantitative estimate of drug-likeness (QED) is 0.735. The Morgan fingerprint density at radius 3 is 2.41 bits per heavy atom. The normalized spacial score (nSPS) is 34.6. The smallest absolute Gasteiger partial charge is 0.234 e. The first-order valence-electron chi connectivity index (χ1n) is 10.0. The van der Waals surface area contributed by atoms with Gasteiger partial charge in [-0.15, -0.1) is 0 Å². The van der Waals surface area contributed by atoms with E-state index in [-0.39, 0.29) is 54.1 Å². The Labute approximate surface area is 169 Å². The number of carbonyl (C=O) groups is 2. The number of hydrogen-bond acceptors (Lipinski definition) is 6. The predicted molar refractivity (Wildman–Crippen MR) is 103 cm³/mol. The van der Waals surface area contributed by atoms with Crippen molar-refractivity contribution in [2.75, 3.05) is 6.61 Å². The van der Waals surface area contributed by atoms with E-state index in [1.807, 2.05) is 51.1 Å². The van der Waals surface area contributed by atoms with Crippen molar-refractivity contribution in [3.63, 3.8) is 0 Å². The highest BCUT2D eigenvalue weighted by Crippen LogP contribution is 2.62. The van der Waals surface area contributed by atoms with Gasteiger partial charge >= 0.3 is 0 Å². The van der Waals surface area contributed by atoms with Crippen LogP contribution >= 0.6 is 0 Å². The molecule has 2 aliphatic carbocycles. The third kappa shape index (κ3) is 2.44. The number of amides is 2. The highest BCUT2D eigenvalue weighted by atomic mass is 16.6. The summed E-state index contributed by atoms with van der Waals surface area (Å²) >= 11 is 0. The van der Waals surface area contributed by atoms with Crippen LogP contribution in [0.15, 0.2) is 29.4 Å². The molecule has 2 bridgehead atoms. The van der Waals surface area contributed by atoms with Crippen LogP contribution in [0.25, 0.3) is 0 Å². The standard InChI is InChI=1S/C22H23N3O4/c1-22(2,3)25-20(26)15-13-10-14(16(15)21(25)27)19-17(13)18(24-29-19)11-4-6-12(7-5-11)28-9-8-23/h4-7,13-17,19H,9-10H2,1-3H3/t13-,14+,15-,16+,17-,19-/m1/s1. The number of nitriles is 1. The first-order chi connectivity index (χ1) is 13.8. The van der Waals surface area contributed by atoms with Crippen LogP contribution in [0.1, 0.15) is 32.8 Å². The summed E-state index contributed by atoms with van der Waals surface area (Å²) in [6, 6.07) is 9.38. The molecular weight excluding hydrogens is 370 g/mol. The number of rotatable bonds is 3. The Hall–Kier alpha value is -2.88. The zero-order valence-corrected chi connectivity index (χ0v) is 16.7. The van der Waals surface area contributed by atoms with Gasteiger partial charge in [-0.05, 0) is 57.4 Å². The Bertz CT molecular complexity index is 956. The van der Waals surface area contributed by atoms with Gasteiger partial charge in [0, 0.05) is 22.9 Å². The number of imide groups is 1. The number of hydrogen-bond donors (Lipinski definition) is 0. The zero-order chi connectivity index (χ0) is 20.5. The molecule has 0 spiro atoms. The van der Waals surface area contributed by atoms with Crippen LogP contribution in [0.4, 0.5) is 0 Å². The average molecular weight is 393 g/mol. The van der Waals surface area contributed by atoms with Crippen molar-refractivity contribution in [2.45, 2.75) is 38.8 Å². The van der Waals surface area contributed by atoms with Crippen LogP contribution in [-0.2, 0) is 14.4 Å². The minimum absolute atomic E-state index is 0.00133. The fourth-order valence-electron chi connectivity index (χ4n) is 5.86. The maximum atomic E-state index is 13.2. The monoisotopic (exact) mass is 393 g/mol. The molecule has 0 N–H and O–H groups in total. The first-order valence-corrected chi connectivity index (χ1v) is 10.0. The lowest BCUT2D eigenvalue weighted by molar-refractivity contribution is -0.146. The van der Waals surface area contributed by atoms with Gasteiger partial charge in [0.1, 0.15) is 17.9 Å². The summed E-state index contributed by atoms with van der Waals surface area (Å²) in [6.45, 7) is 5.73. The lowest BCUT2D eigenvalue weighted by atomic mass is 9.71. The van der Waals surface area contributed by atoms with E-state index in [1.54, 1.807) is 0 Å². The van der Waals surface area contributed by atoms with E-state index in [9.17, 15) is 9.59 Å². The zero-order valence-electron chi connectivity index (χ0n) is 16.7. The number of likely N-dealkylation sites (tertiary alicyclic amines) is 1. The molecule has 150 valence electrons. The second-order valence-electron chi connectivity index (χ2n) is 9.34. The molecule has 4 aliphatic rings. The molecule has 0 aromatic heterocycles. The molecule has 1 saturated heterocycles. The SMILES string of the molecule is CC(C)(C)N1C(=O)[C@@H]2[C@H]3C[C@H]([C@H]4ON=C(c5ccc(OCC#N)cc5)[C@@H]34)[C@@H]2C1=O. The number of fused-ring (bicyclic) bond motifs is 8. The molecule has 0 unspecified atom stereocenters. The van der Waals surface area contributed by atoms with Gasteiger partial charge in [0.25, 0.3) is 0 Å². The Balaban J connectivity index is 1.42. The average Bonchev–Trinajstić information content (AvgIpc) is 3.39. The van der Waals surface area contributed by atoms with Crippen molar-refractivity contribution in [3.8, 4) is 11.8 Å². The molecule has 0 radical (unpaired) electrons. The highest BCUT2D eigenvalue weighted by Gasteiger charge is 2.71. The van der Waals surface area contributed by atoms with Crippen LogP contribution in [-0.4, -0.2) is 40.7 Å². The molecule has 2 aliphatic heterocycles. The second-order valence-corrected chi connectivity index (χ2v) is 9.34. The van der Waals surface area contributed by atoms with Crippen LogP contribution in [0.3, 0.4) is 0 Å². The van der Waals surface area contributed by atoms with E-state index >= 15 is 0 Å². The lowest BCUT2D eigenvalue weighted by Gasteiger charge is -2.31. The Morgan fingerprint density at radius 1 is 1.14 bits per heavy atom. The van der Waals surface area contributed by atoms with Crippen LogP contribution in [0.5, 0.6) is 5.75 Å². The lowest BCUT2D eigenvalue weighted by Crippen LogP contribution is -2.46. The van der Waals surface area contributed by atoms with Gasteiger partial charge in [-0.2, -0.15) is 5.26 Å². The van der Waals surface area contributed by atoms with Gasteiger partial charge in [0.05, 0.1) is 17.5 Å². The highest BCUT2D eigenvalue weighted by molar-refractivity contribution is 6.09. The van der Waals surface area contributed by atoms with Crippen molar-refractivity contribution < 1.29 is 19.2 Å². The van der Waals surface area contributed by atoms with Crippen LogP contribution < -0.4 is 4.74 Å². The summed E-state index contributed by atoms with van der Waals surface area (Å²) < 4.78 is 5.32. The van der Waals surface area contributed by atoms with Gasteiger partial charge in [0.2, 0.25) is 11.8 Å². The summed E-state index contributed by atoms with van der Waals surface area (Å²) in [6.07, 6.45) is 0.699. The summed E-state index contributed by atoms with van der Waals surface area (Å²) in [4.78, 5) is 33.6. The molecule has 3 fully saturated rings. The van der Waals surface area contributed by atoms with E-state index in [0.29, 0.717) is 5.75 Å². The number of carbonyl (C=O) groups excluding carboxylic acids is 2. The molecule has 7 heteroatoms. The number of benzene rings is 1. The minimum Gasteiger partial charge on any atom is -0.479 e. The molecule has 29 heavy (non-hydrogen) atoms. The van der Waals surface area contributed by atoms with Gasteiger partial charge in [-0.25, -0.2) is 0 Å². The summed E-state index contributed by atoms with van der Waals surface area (Å²) in [7, 11) is 0. The maximum Gasteiger partial charge on any atom is 0.234 e. The number of nitrogens with zero attached hydrogens (tertiary/aromatic N) is 3. The Morgan fingerprint density at radius 2 is 1.79 bits per heavy atom. The van der Waals surface area contributed by atoms with Crippen molar-refractivity contribution in [1.82, 2.24) is 4.90 Å². The maximum absolute atomic E-state index is 13.2. The van der Waals surface area contributed by atoms with Gasteiger partial charge in [-0.1, -0.05) is 5.16 Å². The molecule has 5 rings (SSSR count). The fraction of sp³-hybridized carbons (Fsp3) is 0.545. The van der Waals surface area contributed by atoms with Crippen LogP contribution in [0.2, 0.25) is 0 Å².